The Morgan fingerprint density at radius 2 is 1.90 bits per heavy atom. The standard InChI is InChI=1S/C23H25FN4O2/c1-15-22(27-9-3-2-4-21(27)25-15)23(29)26-18-10-19-13-30-14-20(11-18)28(19)12-16-5-7-17(24)8-6-16/h2-9,18-20H,10-14H2,1H3,(H,26,29)/t18-,19-,20+. The van der Waals surface area contributed by atoms with Crippen LogP contribution in [0.15, 0.2) is 48.7 Å². The fraction of sp³-hybridized carbons (Fsp3) is 0.391. The molecule has 0 spiro atoms. The molecule has 2 aliphatic heterocycles. The van der Waals surface area contributed by atoms with Crippen molar-refractivity contribution < 1.29 is 13.9 Å². The molecule has 0 saturated carbocycles. The topological polar surface area (TPSA) is 58.9 Å². The molecule has 156 valence electrons. The average molecular weight is 408 g/mol. The molecule has 0 aliphatic carbocycles. The highest BCUT2D eigenvalue weighted by Gasteiger charge is 2.39. The van der Waals surface area contributed by atoms with Gasteiger partial charge in [-0.2, -0.15) is 0 Å². The molecule has 2 aliphatic rings. The molecule has 2 bridgehead atoms. The fourth-order valence-electron chi connectivity index (χ4n) is 4.81. The van der Waals surface area contributed by atoms with Crippen molar-refractivity contribution in [3.8, 4) is 0 Å². The largest absolute Gasteiger partial charge is 0.378 e. The predicted molar refractivity (Wildman–Crippen MR) is 111 cm³/mol. The molecule has 30 heavy (non-hydrogen) atoms. The zero-order valence-electron chi connectivity index (χ0n) is 16.9. The summed E-state index contributed by atoms with van der Waals surface area (Å²) in [7, 11) is 0. The van der Waals surface area contributed by atoms with Gasteiger partial charge in [-0.1, -0.05) is 18.2 Å². The highest BCUT2D eigenvalue weighted by atomic mass is 19.1. The van der Waals surface area contributed by atoms with Gasteiger partial charge in [0.2, 0.25) is 0 Å². The number of fused-ring (bicyclic) bond motifs is 3. The molecule has 6 nitrogen and oxygen atoms in total. The summed E-state index contributed by atoms with van der Waals surface area (Å²) in [6.45, 7) is 3.94. The van der Waals surface area contributed by atoms with Gasteiger partial charge >= 0.3 is 0 Å². The summed E-state index contributed by atoms with van der Waals surface area (Å²) in [5.41, 5.74) is 3.20. The van der Waals surface area contributed by atoms with E-state index in [1.54, 1.807) is 0 Å². The fourth-order valence-corrected chi connectivity index (χ4v) is 4.81. The summed E-state index contributed by atoms with van der Waals surface area (Å²) in [4.78, 5) is 20.0. The number of halogens is 1. The smallest absolute Gasteiger partial charge is 0.270 e. The number of carbonyl (C=O) groups is 1. The number of ether oxygens (including phenoxy) is 1. The number of aromatic nitrogens is 2. The Bertz CT molecular complexity index is 1050. The summed E-state index contributed by atoms with van der Waals surface area (Å²) >= 11 is 0. The predicted octanol–water partition coefficient (Wildman–Crippen LogP) is 2.94. The number of hydrogen-bond donors (Lipinski definition) is 1. The van der Waals surface area contributed by atoms with E-state index in [-0.39, 0.29) is 29.8 Å². The van der Waals surface area contributed by atoms with Gasteiger partial charge in [0, 0.05) is 30.9 Å². The van der Waals surface area contributed by atoms with Gasteiger partial charge in [-0.25, -0.2) is 9.37 Å². The number of carbonyl (C=O) groups excluding carboxylic acids is 1. The molecule has 0 radical (unpaired) electrons. The molecule has 1 aromatic carbocycles. The molecule has 3 aromatic rings. The SMILES string of the molecule is Cc1nc2ccccn2c1C(=O)N[C@H]1C[C@H]2COC[C@@H](C1)N2Cc1ccc(F)cc1. The number of amides is 1. The Morgan fingerprint density at radius 1 is 1.17 bits per heavy atom. The Balaban J connectivity index is 1.30. The van der Waals surface area contributed by atoms with Crippen LogP contribution in [-0.4, -0.2) is 51.5 Å². The second-order valence-electron chi connectivity index (χ2n) is 8.26. The third-order valence-corrected chi connectivity index (χ3v) is 6.20. The molecule has 0 unspecified atom stereocenters. The van der Waals surface area contributed by atoms with Crippen molar-refractivity contribution in [2.24, 2.45) is 0 Å². The molecule has 5 rings (SSSR count). The summed E-state index contributed by atoms with van der Waals surface area (Å²) in [6.07, 6.45) is 3.54. The van der Waals surface area contributed by atoms with Crippen LogP contribution in [0.1, 0.15) is 34.6 Å². The first-order chi connectivity index (χ1) is 14.6. The van der Waals surface area contributed by atoms with E-state index in [1.165, 1.54) is 12.1 Å². The lowest BCUT2D eigenvalue weighted by Crippen LogP contribution is -2.60. The van der Waals surface area contributed by atoms with Crippen LogP contribution in [-0.2, 0) is 11.3 Å². The van der Waals surface area contributed by atoms with Gasteiger partial charge in [-0.3, -0.25) is 14.1 Å². The molecule has 2 saturated heterocycles. The molecule has 2 aromatic heterocycles. The lowest BCUT2D eigenvalue weighted by atomic mass is 9.89. The average Bonchev–Trinajstić information content (AvgIpc) is 3.06. The number of imidazole rings is 1. The normalized spacial score (nSPS) is 24.1. The van der Waals surface area contributed by atoms with Crippen molar-refractivity contribution in [2.45, 2.75) is 44.4 Å². The molecule has 3 atom stereocenters. The van der Waals surface area contributed by atoms with Crippen molar-refractivity contribution in [1.82, 2.24) is 19.6 Å². The van der Waals surface area contributed by atoms with E-state index < -0.39 is 0 Å². The summed E-state index contributed by atoms with van der Waals surface area (Å²) in [6, 6.07) is 13.0. The van der Waals surface area contributed by atoms with Crippen molar-refractivity contribution in [3.63, 3.8) is 0 Å². The number of pyridine rings is 1. The number of piperidine rings is 1. The van der Waals surface area contributed by atoms with Crippen LogP contribution in [0, 0.1) is 12.7 Å². The van der Waals surface area contributed by atoms with E-state index in [1.807, 2.05) is 47.9 Å². The van der Waals surface area contributed by atoms with Gasteiger partial charge in [0.05, 0.1) is 18.9 Å². The van der Waals surface area contributed by atoms with E-state index in [0.717, 1.165) is 36.3 Å². The second-order valence-corrected chi connectivity index (χ2v) is 8.26. The van der Waals surface area contributed by atoms with E-state index in [2.05, 4.69) is 15.2 Å². The second kappa shape index (κ2) is 7.81. The monoisotopic (exact) mass is 408 g/mol. The number of morpholine rings is 1. The molecular weight excluding hydrogens is 383 g/mol. The number of hydrogen-bond acceptors (Lipinski definition) is 4. The number of rotatable bonds is 4. The van der Waals surface area contributed by atoms with Crippen LogP contribution in [0.2, 0.25) is 0 Å². The highest BCUT2D eigenvalue weighted by Crippen LogP contribution is 2.30. The molecule has 1 amide bonds. The summed E-state index contributed by atoms with van der Waals surface area (Å²) in [5.74, 6) is -0.298. The minimum atomic E-state index is -0.216. The Kier molecular flexibility index (Phi) is 5.00. The molecule has 2 fully saturated rings. The van der Waals surface area contributed by atoms with Crippen LogP contribution in [0.5, 0.6) is 0 Å². The van der Waals surface area contributed by atoms with Crippen LogP contribution in [0.25, 0.3) is 5.65 Å². The van der Waals surface area contributed by atoms with Gasteiger partial charge in [0.25, 0.3) is 5.91 Å². The zero-order chi connectivity index (χ0) is 20.7. The quantitative estimate of drug-likeness (QED) is 0.721. The summed E-state index contributed by atoms with van der Waals surface area (Å²) < 4.78 is 20.9. The Hall–Kier alpha value is -2.77. The van der Waals surface area contributed by atoms with Gasteiger partial charge in [0.15, 0.2) is 0 Å². The minimum Gasteiger partial charge on any atom is -0.378 e. The van der Waals surface area contributed by atoms with Crippen molar-refractivity contribution in [3.05, 3.63) is 71.4 Å². The zero-order valence-corrected chi connectivity index (χ0v) is 16.9. The lowest BCUT2D eigenvalue weighted by Gasteiger charge is -2.48. The maximum absolute atomic E-state index is 13.2. The number of nitrogens with zero attached hydrogens (tertiary/aromatic N) is 3. The van der Waals surface area contributed by atoms with E-state index in [9.17, 15) is 9.18 Å². The summed E-state index contributed by atoms with van der Waals surface area (Å²) in [5, 5.41) is 3.24. The van der Waals surface area contributed by atoms with Gasteiger partial charge in [-0.15, -0.1) is 0 Å². The molecule has 7 heteroatoms. The number of nitrogens with one attached hydrogen (secondary N) is 1. The van der Waals surface area contributed by atoms with E-state index in [0.29, 0.717) is 18.9 Å². The first kappa shape index (κ1) is 19.2. The van der Waals surface area contributed by atoms with Crippen LogP contribution >= 0.6 is 0 Å². The van der Waals surface area contributed by atoms with Crippen molar-refractivity contribution in [1.29, 1.82) is 0 Å². The van der Waals surface area contributed by atoms with Crippen molar-refractivity contribution >= 4 is 11.6 Å². The molecule has 4 heterocycles. The first-order valence-corrected chi connectivity index (χ1v) is 10.4. The maximum Gasteiger partial charge on any atom is 0.270 e. The third kappa shape index (κ3) is 3.59. The third-order valence-electron chi connectivity index (χ3n) is 6.20. The number of benzene rings is 1. The lowest BCUT2D eigenvalue weighted by molar-refractivity contribution is -0.0843. The van der Waals surface area contributed by atoms with Crippen LogP contribution in [0.4, 0.5) is 4.39 Å². The minimum absolute atomic E-state index is 0.0813. The Labute approximate surface area is 174 Å². The van der Waals surface area contributed by atoms with E-state index >= 15 is 0 Å². The van der Waals surface area contributed by atoms with Crippen molar-refractivity contribution in [2.75, 3.05) is 13.2 Å². The highest BCUT2D eigenvalue weighted by molar-refractivity contribution is 5.94. The first-order valence-electron chi connectivity index (χ1n) is 10.4. The number of aryl methyl sites for hydroxylation is 1. The molecular formula is C23H25FN4O2. The molecule has 1 N–H and O–H groups in total. The van der Waals surface area contributed by atoms with Gasteiger partial charge in [-0.05, 0) is 49.6 Å². The Morgan fingerprint density at radius 3 is 2.63 bits per heavy atom. The van der Waals surface area contributed by atoms with E-state index in [4.69, 9.17) is 4.74 Å². The maximum atomic E-state index is 13.2. The van der Waals surface area contributed by atoms with Gasteiger partial charge < -0.3 is 10.1 Å². The van der Waals surface area contributed by atoms with Gasteiger partial charge in [0.1, 0.15) is 17.2 Å². The van der Waals surface area contributed by atoms with Crippen LogP contribution < -0.4 is 5.32 Å². The van der Waals surface area contributed by atoms with Crippen LogP contribution in [0.3, 0.4) is 0 Å².